The molecule has 2 nitrogen and oxygen atoms in total. The summed E-state index contributed by atoms with van der Waals surface area (Å²) in [5.41, 5.74) is 3.23. The lowest BCUT2D eigenvalue weighted by Crippen LogP contribution is -2.20. The first-order valence-corrected chi connectivity index (χ1v) is 6.13. The average molecular weight is 217 g/mol. The van der Waals surface area contributed by atoms with E-state index >= 15 is 0 Å². The minimum Gasteiger partial charge on any atom is -0.493 e. The zero-order valence-corrected chi connectivity index (χ0v) is 10.0. The minimum atomic E-state index is 0.369. The van der Waals surface area contributed by atoms with Crippen LogP contribution in [0.4, 0.5) is 0 Å². The summed E-state index contributed by atoms with van der Waals surface area (Å²) >= 11 is 0. The summed E-state index contributed by atoms with van der Waals surface area (Å²) in [4.78, 5) is 0. The van der Waals surface area contributed by atoms with E-state index in [2.05, 4.69) is 37.4 Å². The van der Waals surface area contributed by atoms with Crippen LogP contribution in [-0.2, 0) is 6.42 Å². The third-order valence-electron chi connectivity index (χ3n) is 3.99. The monoisotopic (exact) mass is 217 g/mol. The molecule has 0 amide bonds. The molecular weight excluding hydrogens is 198 g/mol. The second-order valence-corrected chi connectivity index (χ2v) is 5.64. The topological polar surface area (TPSA) is 21.3 Å². The highest BCUT2D eigenvalue weighted by atomic mass is 16.5. The lowest BCUT2D eigenvalue weighted by atomic mass is 9.77. The number of hydrogen-bond acceptors (Lipinski definition) is 2. The van der Waals surface area contributed by atoms with Crippen molar-refractivity contribution in [2.24, 2.45) is 5.41 Å². The Labute approximate surface area is 97.0 Å². The zero-order chi connectivity index (χ0) is 11.2. The molecule has 0 aromatic heterocycles. The number of benzene rings is 1. The van der Waals surface area contributed by atoms with Crippen molar-refractivity contribution in [1.82, 2.24) is 5.32 Å². The van der Waals surface area contributed by atoms with Gasteiger partial charge in [0.25, 0.3) is 0 Å². The maximum atomic E-state index is 5.55. The van der Waals surface area contributed by atoms with Gasteiger partial charge in [-0.2, -0.15) is 0 Å². The standard InChI is InChI=1S/C14H19NO/c1-14(2)9-15-8-12(14)10-3-4-13-11(7-10)5-6-16-13/h3-4,7,12,15H,5-6,8-9H2,1-2H3. The number of fused-ring (bicyclic) bond motifs is 1. The second kappa shape index (κ2) is 3.49. The molecule has 1 N–H and O–H groups in total. The molecule has 2 aliphatic heterocycles. The normalized spacial score (nSPS) is 26.5. The van der Waals surface area contributed by atoms with Gasteiger partial charge >= 0.3 is 0 Å². The fourth-order valence-corrected chi connectivity index (χ4v) is 2.93. The van der Waals surface area contributed by atoms with Gasteiger partial charge in [0, 0.05) is 25.4 Å². The SMILES string of the molecule is CC1(C)CNCC1c1ccc2c(c1)CCO2. The molecule has 2 heterocycles. The summed E-state index contributed by atoms with van der Waals surface area (Å²) in [5.74, 6) is 1.73. The van der Waals surface area contributed by atoms with E-state index < -0.39 is 0 Å². The number of ether oxygens (including phenoxy) is 1. The Bertz CT molecular complexity index is 411. The molecule has 3 rings (SSSR count). The van der Waals surface area contributed by atoms with E-state index in [1.807, 2.05) is 0 Å². The minimum absolute atomic E-state index is 0.369. The van der Waals surface area contributed by atoms with Gasteiger partial charge in [-0.15, -0.1) is 0 Å². The molecular formula is C14H19NO. The Hall–Kier alpha value is -1.02. The maximum absolute atomic E-state index is 5.55. The van der Waals surface area contributed by atoms with Crippen LogP contribution in [0.3, 0.4) is 0 Å². The van der Waals surface area contributed by atoms with Crippen molar-refractivity contribution in [2.75, 3.05) is 19.7 Å². The van der Waals surface area contributed by atoms with Crippen LogP contribution in [0.5, 0.6) is 5.75 Å². The number of hydrogen-bond donors (Lipinski definition) is 1. The fraction of sp³-hybridized carbons (Fsp3) is 0.571. The Morgan fingerprint density at radius 1 is 1.38 bits per heavy atom. The van der Waals surface area contributed by atoms with Crippen LogP contribution in [-0.4, -0.2) is 19.7 Å². The van der Waals surface area contributed by atoms with Gasteiger partial charge in [0.15, 0.2) is 0 Å². The molecule has 0 aliphatic carbocycles. The predicted octanol–water partition coefficient (Wildman–Crippen LogP) is 2.33. The van der Waals surface area contributed by atoms with Crippen LogP contribution in [0.2, 0.25) is 0 Å². The molecule has 86 valence electrons. The van der Waals surface area contributed by atoms with Crippen molar-refractivity contribution >= 4 is 0 Å². The first-order valence-electron chi connectivity index (χ1n) is 6.13. The lowest BCUT2D eigenvalue weighted by Gasteiger charge is -2.26. The molecule has 1 atom stereocenters. The zero-order valence-electron chi connectivity index (χ0n) is 10.0. The molecule has 0 bridgehead atoms. The van der Waals surface area contributed by atoms with E-state index in [1.165, 1.54) is 11.1 Å². The number of nitrogens with one attached hydrogen (secondary N) is 1. The van der Waals surface area contributed by atoms with Crippen LogP contribution in [0.15, 0.2) is 18.2 Å². The highest BCUT2D eigenvalue weighted by Crippen LogP contribution is 2.40. The quantitative estimate of drug-likeness (QED) is 0.779. The summed E-state index contributed by atoms with van der Waals surface area (Å²) in [5, 5.41) is 3.50. The lowest BCUT2D eigenvalue weighted by molar-refractivity contribution is 0.355. The molecule has 0 spiro atoms. The smallest absolute Gasteiger partial charge is 0.122 e. The van der Waals surface area contributed by atoms with E-state index in [9.17, 15) is 0 Å². The van der Waals surface area contributed by atoms with Crippen molar-refractivity contribution in [3.63, 3.8) is 0 Å². The summed E-state index contributed by atoms with van der Waals surface area (Å²) in [6, 6.07) is 6.73. The first-order chi connectivity index (χ1) is 7.67. The van der Waals surface area contributed by atoms with E-state index in [-0.39, 0.29) is 0 Å². The van der Waals surface area contributed by atoms with Crippen LogP contribution >= 0.6 is 0 Å². The summed E-state index contributed by atoms with van der Waals surface area (Å²) < 4.78 is 5.55. The van der Waals surface area contributed by atoms with E-state index in [4.69, 9.17) is 4.74 Å². The summed E-state index contributed by atoms with van der Waals surface area (Å²) in [7, 11) is 0. The van der Waals surface area contributed by atoms with Crippen molar-refractivity contribution in [1.29, 1.82) is 0 Å². The molecule has 0 radical (unpaired) electrons. The van der Waals surface area contributed by atoms with E-state index in [0.29, 0.717) is 11.3 Å². The highest BCUT2D eigenvalue weighted by molar-refractivity contribution is 5.41. The largest absolute Gasteiger partial charge is 0.493 e. The molecule has 16 heavy (non-hydrogen) atoms. The van der Waals surface area contributed by atoms with Gasteiger partial charge < -0.3 is 10.1 Å². The number of rotatable bonds is 1. The van der Waals surface area contributed by atoms with Gasteiger partial charge in [-0.1, -0.05) is 26.0 Å². The summed E-state index contributed by atoms with van der Waals surface area (Å²) in [6.45, 7) is 7.77. The van der Waals surface area contributed by atoms with E-state index in [0.717, 1.165) is 31.9 Å². The fourth-order valence-electron chi connectivity index (χ4n) is 2.93. The third kappa shape index (κ3) is 1.52. The van der Waals surface area contributed by atoms with E-state index in [1.54, 1.807) is 0 Å². The molecule has 0 saturated carbocycles. The molecule has 1 fully saturated rings. The molecule has 1 aromatic carbocycles. The summed E-state index contributed by atoms with van der Waals surface area (Å²) in [6.07, 6.45) is 1.07. The van der Waals surface area contributed by atoms with Gasteiger partial charge in [0.2, 0.25) is 0 Å². The Balaban J connectivity index is 1.95. The van der Waals surface area contributed by atoms with Gasteiger partial charge in [-0.3, -0.25) is 0 Å². The Morgan fingerprint density at radius 2 is 2.25 bits per heavy atom. The van der Waals surface area contributed by atoms with Gasteiger partial charge in [0.1, 0.15) is 5.75 Å². The van der Waals surface area contributed by atoms with Crippen LogP contribution in [0.1, 0.15) is 30.9 Å². The third-order valence-corrected chi connectivity index (χ3v) is 3.99. The maximum Gasteiger partial charge on any atom is 0.122 e. The van der Waals surface area contributed by atoms with Crippen molar-refractivity contribution in [2.45, 2.75) is 26.2 Å². The Morgan fingerprint density at radius 3 is 3.00 bits per heavy atom. The predicted molar refractivity (Wildman–Crippen MR) is 65.0 cm³/mol. The van der Waals surface area contributed by atoms with Crippen LogP contribution in [0.25, 0.3) is 0 Å². The van der Waals surface area contributed by atoms with Crippen LogP contribution in [0, 0.1) is 5.41 Å². The average Bonchev–Trinajstić information content (AvgIpc) is 2.82. The second-order valence-electron chi connectivity index (χ2n) is 5.64. The van der Waals surface area contributed by atoms with Crippen molar-refractivity contribution in [3.05, 3.63) is 29.3 Å². The molecule has 1 saturated heterocycles. The Kier molecular flexibility index (Phi) is 2.21. The first kappa shape index (κ1) is 10.2. The molecule has 1 unspecified atom stereocenters. The van der Waals surface area contributed by atoms with Gasteiger partial charge in [-0.25, -0.2) is 0 Å². The highest BCUT2D eigenvalue weighted by Gasteiger charge is 2.35. The van der Waals surface area contributed by atoms with Crippen molar-refractivity contribution < 1.29 is 4.74 Å². The molecule has 1 aromatic rings. The molecule has 2 aliphatic rings. The van der Waals surface area contributed by atoms with Crippen LogP contribution < -0.4 is 10.1 Å². The van der Waals surface area contributed by atoms with Gasteiger partial charge in [0.05, 0.1) is 6.61 Å². The van der Waals surface area contributed by atoms with Crippen molar-refractivity contribution in [3.8, 4) is 5.75 Å². The molecule has 2 heteroatoms. The van der Waals surface area contributed by atoms with Gasteiger partial charge in [-0.05, 0) is 22.6 Å².